The second-order valence-corrected chi connectivity index (χ2v) is 6.29. The molecule has 2 heteroatoms. The summed E-state index contributed by atoms with van der Waals surface area (Å²) in [5.41, 5.74) is 7.63. The fourth-order valence-corrected chi connectivity index (χ4v) is 2.77. The van der Waals surface area contributed by atoms with E-state index in [1.807, 2.05) is 0 Å². The largest absolute Gasteiger partial charge is 0.328 e. The summed E-state index contributed by atoms with van der Waals surface area (Å²) in [6, 6.07) is 11.5. The Morgan fingerprint density at radius 2 is 1.76 bits per heavy atom. The molecule has 1 aromatic carbocycles. The van der Waals surface area contributed by atoms with Crippen LogP contribution in [0.1, 0.15) is 64.4 Å². The first kappa shape index (κ1) is 18.2. The van der Waals surface area contributed by atoms with Gasteiger partial charge in [-0.1, -0.05) is 69.4 Å². The third-order valence-corrected chi connectivity index (χ3v) is 4.08. The molecule has 2 atom stereocenters. The molecule has 0 amide bonds. The second-order valence-electron chi connectivity index (χ2n) is 6.29. The molecule has 0 radical (unpaired) electrons. The standard InChI is InChI=1S/C19H34N2/c1-3-4-5-6-10-13-19(20)16-17(2)21-15-14-18-11-8-7-9-12-18/h7-9,11-12,17,19,21H,3-6,10,13-16,20H2,1-2H3. The van der Waals surface area contributed by atoms with E-state index in [1.165, 1.54) is 44.1 Å². The maximum absolute atomic E-state index is 6.23. The molecule has 0 bridgehead atoms. The second kappa shape index (κ2) is 11.8. The van der Waals surface area contributed by atoms with Crippen molar-refractivity contribution in [1.29, 1.82) is 0 Å². The van der Waals surface area contributed by atoms with Gasteiger partial charge in [-0.25, -0.2) is 0 Å². The zero-order valence-corrected chi connectivity index (χ0v) is 14.0. The highest BCUT2D eigenvalue weighted by molar-refractivity contribution is 5.14. The lowest BCUT2D eigenvalue weighted by Gasteiger charge is -2.18. The topological polar surface area (TPSA) is 38.0 Å². The number of hydrogen-bond acceptors (Lipinski definition) is 2. The molecule has 0 aliphatic carbocycles. The molecule has 1 rings (SSSR count). The third kappa shape index (κ3) is 9.65. The molecule has 0 saturated carbocycles. The first-order valence-corrected chi connectivity index (χ1v) is 8.75. The number of rotatable bonds is 12. The van der Waals surface area contributed by atoms with Gasteiger partial charge in [-0.05, 0) is 38.3 Å². The predicted molar refractivity (Wildman–Crippen MR) is 93.6 cm³/mol. The Balaban J connectivity index is 2.03. The summed E-state index contributed by atoms with van der Waals surface area (Å²) >= 11 is 0. The summed E-state index contributed by atoms with van der Waals surface area (Å²) < 4.78 is 0. The normalized spacial score (nSPS) is 14.0. The van der Waals surface area contributed by atoms with Crippen LogP contribution in [0.5, 0.6) is 0 Å². The Bertz CT molecular complexity index is 337. The highest BCUT2D eigenvalue weighted by Gasteiger charge is 2.08. The lowest BCUT2D eigenvalue weighted by atomic mass is 10.0. The number of hydrogen-bond donors (Lipinski definition) is 2. The highest BCUT2D eigenvalue weighted by atomic mass is 14.9. The summed E-state index contributed by atoms with van der Waals surface area (Å²) in [6.07, 6.45) is 10.0. The molecule has 0 aliphatic heterocycles. The van der Waals surface area contributed by atoms with Gasteiger partial charge in [0, 0.05) is 12.1 Å². The van der Waals surface area contributed by atoms with Crippen LogP contribution in [-0.2, 0) is 6.42 Å². The maximum Gasteiger partial charge on any atom is 0.00535 e. The van der Waals surface area contributed by atoms with Gasteiger partial charge in [0.2, 0.25) is 0 Å². The van der Waals surface area contributed by atoms with Gasteiger partial charge in [-0.15, -0.1) is 0 Å². The fourth-order valence-electron chi connectivity index (χ4n) is 2.77. The van der Waals surface area contributed by atoms with E-state index in [4.69, 9.17) is 5.73 Å². The minimum Gasteiger partial charge on any atom is -0.328 e. The Labute approximate surface area is 131 Å². The molecule has 0 fully saturated rings. The van der Waals surface area contributed by atoms with E-state index in [1.54, 1.807) is 0 Å². The average molecular weight is 290 g/mol. The van der Waals surface area contributed by atoms with E-state index >= 15 is 0 Å². The van der Waals surface area contributed by atoms with Crippen LogP contribution >= 0.6 is 0 Å². The highest BCUT2D eigenvalue weighted by Crippen LogP contribution is 2.09. The molecular weight excluding hydrogens is 256 g/mol. The molecule has 0 aromatic heterocycles. The smallest absolute Gasteiger partial charge is 0.00535 e. The number of unbranched alkanes of at least 4 members (excludes halogenated alkanes) is 4. The molecule has 0 aliphatic rings. The van der Waals surface area contributed by atoms with Crippen LogP contribution in [0.3, 0.4) is 0 Å². The third-order valence-electron chi connectivity index (χ3n) is 4.08. The summed E-state index contributed by atoms with van der Waals surface area (Å²) in [4.78, 5) is 0. The number of nitrogens with one attached hydrogen (secondary N) is 1. The van der Waals surface area contributed by atoms with Crippen molar-refractivity contribution in [2.75, 3.05) is 6.54 Å². The van der Waals surface area contributed by atoms with Crippen molar-refractivity contribution in [3.8, 4) is 0 Å². The van der Waals surface area contributed by atoms with E-state index in [0.717, 1.165) is 19.4 Å². The first-order valence-electron chi connectivity index (χ1n) is 8.75. The Morgan fingerprint density at radius 1 is 1.05 bits per heavy atom. The van der Waals surface area contributed by atoms with Crippen LogP contribution in [-0.4, -0.2) is 18.6 Å². The first-order chi connectivity index (χ1) is 10.2. The van der Waals surface area contributed by atoms with Crippen molar-refractivity contribution >= 4 is 0 Å². The number of benzene rings is 1. The molecule has 2 nitrogen and oxygen atoms in total. The van der Waals surface area contributed by atoms with Crippen molar-refractivity contribution in [1.82, 2.24) is 5.32 Å². The molecule has 2 unspecified atom stereocenters. The minimum absolute atomic E-state index is 0.353. The average Bonchev–Trinajstić information content (AvgIpc) is 2.48. The van der Waals surface area contributed by atoms with Gasteiger partial charge in [0.05, 0.1) is 0 Å². The van der Waals surface area contributed by atoms with Gasteiger partial charge in [0.25, 0.3) is 0 Å². The molecule has 0 saturated heterocycles. The lowest BCUT2D eigenvalue weighted by molar-refractivity contribution is 0.436. The van der Waals surface area contributed by atoms with Gasteiger partial charge in [0.1, 0.15) is 0 Å². The molecule has 3 N–H and O–H groups in total. The van der Waals surface area contributed by atoms with Gasteiger partial charge >= 0.3 is 0 Å². The van der Waals surface area contributed by atoms with Crippen molar-refractivity contribution < 1.29 is 0 Å². The Hall–Kier alpha value is -0.860. The zero-order valence-electron chi connectivity index (χ0n) is 14.0. The van der Waals surface area contributed by atoms with Gasteiger partial charge in [-0.2, -0.15) is 0 Å². The summed E-state index contributed by atoms with van der Waals surface area (Å²) in [5.74, 6) is 0. The fraction of sp³-hybridized carbons (Fsp3) is 0.684. The number of nitrogens with two attached hydrogens (primary N) is 1. The van der Waals surface area contributed by atoms with Gasteiger partial charge in [0.15, 0.2) is 0 Å². The quantitative estimate of drug-likeness (QED) is 0.564. The summed E-state index contributed by atoms with van der Waals surface area (Å²) in [5, 5.41) is 3.59. The van der Waals surface area contributed by atoms with E-state index in [2.05, 4.69) is 49.5 Å². The molecule has 1 aromatic rings. The van der Waals surface area contributed by atoms with E-state index < -0.39 is 0 Å². The van der Waals surface area contributed by atoms with Crippen LogP contribution in [0.25, 0.3) is 0 Å². The zero-order chi connectivity index (χ0) is 15.3. The monoisotopic (exact) mass is 290 g/mol. The lowest BCUT2D eigenvalue weighted by Crippen LogP contribution is -2.34. The SMILES string of the molecule is CCCCCCCC(N)CC(C)NCCc1ccccc1. The van der Waals surface area contributed by atoms with Crippen LogP contribution in [0, 0.1) is 0 Å². The minimum atomic E-state index is 0.353. The van der Waals surface area contributed by atoms with Crippen molar-refractivity contribution in [2.45, 2.75) is 77.3 Å². The maximum atomic E-state index is 6.23. The van der Waals surface area contributed by atoms with Crippen LogP contribution < -0.4 is 11.1 Å². The summed E-state index contributed by atoms with van der Waals surface area (Å²) in [6.45, 7) is 5.55. The van der Waals surface area contributed by atoms with Gasteiger partial charge in [-0.3, -0.25) is 0 Å². The van der Waals surface area contributed by atoms with Crippen LogP contribution in [0.15, 0.2) is 30.3 Å². The van der Waals surface area contributed by atoms with Crippen molar-refractivity contribution in [3.05, 3.63) is 35.9 Å². The Morgan fingerprint density at radius 3 is 2.48 bits per heavy atom. The van der Waals surface area contributed by atoms with Crippen molar-refractivity contribution in [3.63, 3.8) is 0 Å². The molecule has 0 spiro atoms. The predicted octanol–water partition coefficient (Wildman–Crippen LogP) is 4.29. The van der Waals surface area contributed by atoms with Crippen LogP contribution in [0.4, 0.5) is 0 Å². The molecule has 21 heavy (non-hydrogen) atoms. The van der Waals surface area contributed by atoms with Crippen molar-refractivity contribution in [2.24, 2.45) is 5.73 Å². The van der Waals surface area contributed by atoms with Gasteiger partial charge < -0.3 is 11.1 Å². The van der Waals surface area contributed by atoms with Crippen LogP contribution in [0.2, 0.25) is 0 Å². The molecule has 0 heterocycles. The Kier molecular flexibility index (Phi) is 10.2. The summed E-state index contributed by atoms with van der Waals surface area (Å²) in [7, 11) is 0. The van der Waals surface area contributed by atoms with E-state index in [-0.39, 0.29) is 0 Å². The molecule has 120 valence electrons. The van der Waals surface area contributed by atoms with E-state index in [9.17, 15) is 0 Å². The van der Waals surface area contributed by atoms with E-state index in [0.29, 0.717) is 12.1 Å². The molecular formula is C19H34N2.